The second-order valence-electron chi connectivity index (χ2n) is 5.19. The van der Waals surface area contributed by atoms with Crippen LogP contribution in [0.1, 0.15) is 36.7 Å². The van der Waals surface area contributed by atoms with Crippen LogP contribution in [0.3, 0.4) is 0 Å². The van der Waals surface area contributed by atoms with Gasteiger partial charge in [0.2, 0.25) is 0 Å². The first-order chi connectivity index (χ1) is 10.6. The average molecular weight is 303 g/mol. The quantitative estimate of drug-likeness (QED) is 0.854. The topological polar surface area (TPSA) is 62.3 Å². The van der Waals surface area contributed by atoms with Gasteiger partial charge < -0.3 is 15.2 Å². The summed E-state index contributed by atoms with van der Waals surface area (Å²) in [4.78, 5) is 0. The molecule has 0 fully saturated rings. The van der Waals surface area contributed by atoms with Crippen LogP contribution in [0.5, 0.6) is 11.5 Å². The molecule has 1 unspecified atom stereocenters. The summed E-state index contributed by atoms with van der Waals surface area (Å²) in [5, 5.41) is 4.42. The number of nitrogens with two attached hydrogens (primary N) is 1. The highest BCUT2D eigenvalue weighted by Crippen LogP contribution is 2.34. The summed E-state index contributed by atoms with van der Waals surface area (Å²) >= 11 is 0. The van der Waals surface area contributed by atoms with Gasteiger partial charge in [-0.25, -0.2) is 0 Å². The van der Waals surface area contributed by atoms with E-state index in [4.69, 9.17) is 15.2 Å². The molecule has 2 rings (SSSR count). The van der Waals surface area contributed by atoms with Gasteiger partial charge in [0.15, 0.2) is 0 Å². The van der Waals surface area contributed by atoms with Gasteiger partial charge in [-0.15, -0.1) is 0 Å². The van der Waals surface area contributed by atoms with Crippen molar-refractivity contribution in [2.45, 2.75) is 26.7 Å². The van der Waals surface area contributed by atoms with Gasteiger partial charge in [0, 0.05) is 36.8 Å². The molecule has 0 aliphatic heterocycles. The predicted molar refractivity (Wildman–Crippen MR) is 87.6 cm³/mol. The summed E-state index contributed by atoms with van der Waals surface area (Å²) in [6, 6.07) is 8.01. The summed E-state index contributed by atoms with van der Waals surface area (Å²) in [6.07, 6.45) is 0. The third-order valence-electron chi connectivity index (χ3n) is 3.60. The molecule has 5 heteroatoms. The lowest BCUT2D eigenvalue weighted by atomic mass is 9.94. The van der Waals surface area contributed by atoms with E-state index in [1.165, 1.54) is 0 Å². The molecule has 1 aromatic carbocycles. The van der Waals surface area contributed by atoms with E-state index in [1.54, 1.807) is 0 Å². The van der Waals surface area contributed by atoms with E-state index < -0.39 is 0 Å². The van der Waals surface area contributed by atoms with Crippen molar-refractivity contribution < 1.29 is 9.47 Å². The van der Waals surface area contributed by atoms with Gasteiger partial charge in [-0.1, -0.05) is 6.07 Å². The van der Waals surface area contributed by atoms with Gasteiger partial charge in [0.25, 0.3) is 0 Å². The van der Waals surface area contributed by atoms with Crippen molar-refractivity contribution in [1.82, 2.24) is 9.78 Å². The maximum absolute atomic E-state index is 6.05. The molecule has 0 aliphatic rings. The van der Waals surface area contributed by atoms with Crippen molar-refractivity contribution in [2.24, 2.45) is 12.8 Å². The van der Waals surface area contributed by atoms with Gasteiger partial charge in [-0.05, 0) is 32.9 Å². The van der Waals surface area contributed by atoms with Crippen LogP contribution in [0.15, 0.2) is 24.3 Å². The number of hydrogen-bond donors (Lipinski definition) is 1. The minimum atomic E-state index is 0.0448. The number of nitrogens with zero attached hydrogens (tertiary/aromatic N) is 2. The Kier molecular flexibility index (Phi) is 5.44. The van der Waals surface area contributed by atoms with Gasteiger partial charge in [-0.3, -0.25) is 4.68 Å². The van der Waals surface area contributed by atoms with Crippen LogP contribution >= 0.6 is 0 Å². The highest BCUT2D eigenvalue weighted by molar-refractivity contribution is 5.46. The van der Waals surface area contributed by atoms with Crippen LogP contribution in [0.2, 0.25) is 0 Å². The zero-order valence-corrected chi connectivity index (χ0v) is 13.8. The molecule has 0 saturated carbocycles. The van der Waals surface area contributed by atoms with E-state index in [-0.39, 0.29) is 5.92 Å². The molecule has 5 nitrogen and oxygen atoms in total. The molecule has 120 valence electrons. The summed E-state index contributed by atoms with van der Waals surface area (Å²) in [5.74, 6) is 1.68. The Bertz CT molecular complexity index is 622. The summed E-state index contributed by atoms with van der Waals surface area (Å²) in [6.45, 7) is 7.65. The van der Waals surface area contributed by atoms with Gasteiger partial charge in [0.1, 0.15) is 11.5 Å². The van der Waals surface area contributed by atoms with Crippen LogP contribution in [-0.4, -0.2) is 29.5 Å². The van der Waals surface area contributed by atoms with Crippen molar-refractivity contribution in [3.05, 3.63) is 41.2 Å². The molecule has 22 heavy (non-hydrogen) atoms. The largest absolute Gasteiger partial charge is 0.494 e. The number of ether oxygens (including phenoxy) is 2. The molecule has 0 radical (unpaired) electrons. The summed E-state index contributed by atoms with van der Waals surface area (Å²) < 4.78 is 13.3. The fourth-order valence-electron chi connectivity index (χ4n) is 2.70. The molecule has 0 amide bonds. The molecule has 1 aromatic heterocycles. The van der Waals surface area contributed by atoms with E-state index in [9.17, 15) is 0 Å². The van der Waals surface area contributed by atoms with Crippen molar-refractivity contribution in [2.75, 3.05) is 19.8 Å². The Morgan fingerprint density at radius 3 is 2.45 bits per heavy atom. The Labute approximate surface area is 132 Å². The fourth-order valence-corrected chi connectivity index (χ4v) is 2.70. The minimum Gasteiger partial charge on any atom is -0.494 e. The standard InChI is InChI=1S/C17H25N3O2/c1-5-21-13-7-8-14(17(10-13)22-6-2)15(11-18)16-9-12(3)19-20(16)4/h7-10,15H,5-6,11,18H2,1-4H3. The Balaban J connectivity index is 2.45. The molecule has 0 bridgehead atoms. The van der Waals surface area contributed by atoms with Crippen molar-refractivity contribution in [3.8, 4) is 11.5 Å². The lowest BCUT2D eigenvalue weighted by Crippen LogP contribution is -2.18. The van der Waals surface area contributed by atoms with E-state index in [0.717, 1.165) is 28.5 Å². The van der Waals surface area contributed by atoms with E-state index in [2.05, 4.69) is 11.2 Å². The molecular weight excluding hydrogens is 278 g/mol. The molecule has 2 N–H and O–H groups in total. The third kappa shape index (κ3) is 3.42. The average Bonchev–Trinajstić information content (AvgIpc) is 2.81. The molecule has 0 aliphatic carbocycles. The van der Waals surface area contributed by atoms with Crippen molar-refractivity contribution >= 4 is 0 Å². The number of aryl methyl sites for hydroxylation is 2. The molecule has 0 spiro atoms. The van der Waals surface area contributed by atoms with Crippen LogP contribution in [0.25, 0.3) is 0 Å². The van der Waals surface area contributed by atoms with Gasteiger partial charge in [-0.2, -0.15) is 5.10 Å². The number of benzene rings is 1. The Hall–Kier alpha value is -2.01. The first-order valence-electron chi connectivity index (χ1n) is 7.70. The van der Waals surface area contributed by atoms with Crippen molar-refractivity contribution in [1.29, 1.82) is 0 Å². The van der Waals surface area contributed by atoms with Crippen LogP contribution < -0.4 is 15.2 Å². The molecule has 2 aromatic rings. The highest BCUT2D eigenvalue weighted by Gasteiger charge is 2.21. The second kappa shape index (κ2) is 7.31. The monoisotopic (exact) mass is 303 g/mol. The van der Waals surface area contributed by atoms with Gasteiger partial charge >= 0.3 is 0 Å². The zero-order chi connectivity index (χ0) is 16.1. The Morgan fingerprint density at radius 1 is 1.18 bits per heavy atom. The fraction of sp³-hybridized carbons (Fsp3) is 0.471. The lowest BCUT2D eigenvalue weighted by molar-refractivity contribution is 0.319. The van der Waals surface area contributed by atoms with Crippen LogP contribution in [0.4, 0.5) is 0 Å². The zero-order valence-electron chi connectivity index (χ0n) is 13.8. The number of aromatic nitrogens is 2. The Morgan fingerprint density at radius 2 is 1.91 bits per heavy atom. The molecule has 1 heterocycles. The molecule has 0 saturated heterocycles. The highest BCUT2D eigenvalue weighted by atomic mass is 16.5. The first kappa shape index (κ1) is 16.4. The lowest BCUT2D eigenvalue weighted by Gasteiger charge is -2.20. The van der Waals surface area contributed by atoms with Crippen molar-refractivity contribution in [3.63, 3.8) is 0 Å². The normalized spacial score (nSPS) is 12.2. The van der Waals surface area contributed by atoms with Gasteiger partial charge in [0.05, 0.1) is 18.9 Å². The smallest absolute Gasteiger partial charge is 0.126 e. The summed E-state index contributed by atoms with van der Waals surface area (Å²) in [7, 11) is 1.94. The van der Waals surface area contributed by atoms with E-state index in [1.807, 2.05) is 50.7 Å². The van der Waals surface area contributed by atoms with Crippen LogP contribution in [-0.2, 0) is 7.05 Å². The number of hydrogen-bond acceptors (Lipinski definition) is 4. The predicted octanol–water partition coefficient (Wildman–Crippen LogP) is 2.62. The first-order valence-corrected chi connectivity index (χ1v) is 7.70. The number of rotatable bonds is 7. The van der Waals surface area contributed by atoms with Crippen LogP contribution in [0, 0.1) is 6.92 Å². The molecule has 1 atom stereocenters. The molecular formula is C17H25N3O2. The van der Waals surface area contributed by atoms with E-state index in [0.29, 0.717) is 19.8 Å². The van der Waals surface area contributed by atoms with E-state index >= 15 is 0 Å². The maximum Gasteiger partial charge on any atom is 0.126 e. The third-order valence-corrected chi connectivity index (χ3v) is 3.60. The minimum absolute atomic E-state index is 0.0448. The second-order valence-corrected chi connectivity index (χ2v) is 5.19. The SMILES string of the molecule is CCOc1ccc(C(CN)c2cc(C)nn2C)c(OCC)c1. The maximum atomic E-state index is 6.05. The summed E-state index contributed by atoms with van der Waals surface area (Å²) in [5.41, 5.74) is 9.19.